The lowest BCUT2D eigenvalue weighted by Crippen LogP contribution is -2.47. The van der Waals surface area contributed by atoms with Crippen molar-refractivity contribution in [2.45, 2.75) is 38.1 Å². The van der Waals surface area contributed by atoms with Gasteiger partial charge in [0.1, 0.15) is 6.04 Å². The summed E-state index contributed by atoms with van der Waals surface area (Å²) < 4.78 is 5.44. The summed E-state index contributed by atoms with van der Waals surface area (Å²) in [5, 5.41) is 0.492. The summed E-state index contributed by atoms with van der Waals surface area (Å²) in [6.45, 7) is 3.36. The highest BCUT2D eigenvalue weighted by Gasteiger charge is 2.63. The Morgan fingerprint density at radius 1 is 0.795 bits per heavy atom. The van der Waals surface area contributed by atoms with Crippen molar-refractivity contribution in [3.05, 3.63) is 106 Å². The third-order valence-electron chi connectivity index (χ3n) is 8.27. The first kappa shape index (κ1) is 25.5. The van der Waals surface area contributed by atoms with Crippen LogP contribution in [0.25, 0.3) is 0 Å². The molecule has 4 aliphatic rings. The van der Waals surface area contributed by atoms with Crippen molar-refractivity contribution in [1.82, 2.24) is 4.90 Å². The highest BCUT2D eigenvalue weighted by Crippen LogP contribution is 2.61. The third-order valence-corrected chi connectivity index (χ3v) is 8.52. The van der Waals surface area contributed by atoms with E-state index >= 15 is 0 Å². The molecule has 3 aliphatic carbocycles. The lowest BCUT2D eigenvalue weighted by atomic mass is 9.55. The maximum absolute atomic E-state index is 14.1. The number of Topliss-reactive ketones (excluding diaryl/α,β-unsaturated/α-hetero) is 1. The van der Waals surface area contributed by atoms with E-state index in [9.17, 15) is 19.2 Å². The number of likely N-dealkylation sites (tertiary alicyclic amines) is 1. The van der Waals surface area contributed by atoms with E-state index in [1.807, 2.05) is 62.4 Å². The minimum absolute atomic E-state index is 0.00358. The average molecular weight is 542 g/mol. The maximum Gasteiger partial charge on any atom is 0.329 e. The zero-order chi connectivity index (χ0) is 27.4. The van der Waals surface area contributed by atoms with Crippen LogP contribution in [0.15, 0.2) is 72.8 Å². The van der Waals surface area contributed by atoms with Gasteiger partial charge in [0.05, 0.1) is 11.8 Å². The number of nitrogens with zero attached hydrogens (tertiary/aromatic N) is 1. The van der Waals surface area contributed by atoms with Gasteiger partial charge in [0, 0.05) is 22.4 Å². The number of imide groups is 1. The summed E-state index contributed by atoms with van der Waals surface area (Å²) in [5.41, 5.74) is 4.65. The smallest absolute Gasteiger partial charge is 0.329 e. The molecule has 3 aromatic rings. The molecule has 0 spiro atoms. The van der Waals surface area contributed by atoms with E-state index in [1.165, 1.54) is 0 Å². The fourth-order valence-electron chi connectivity index (χ4n) is 6.71. The normalized spacial score (nSPS) is 23.3. The molecule has 3 aromatic carbocycles. The van der Waals surface area contributed by atoms with Crippen molar-refractivity contribution in [3.63, 3.8) is 0 Å². The van der Waals surface area contributed by atoms with E-state index in [4.69, 9.17) is 16.3 Å². The van der Waals surface area contributed by atoms with Gasteiger partial charge in [0.2, 0.25) is 11.8 Å². The average Bonchev–Trinajstić information content (AvgIpc) is 3.20. The van der Waals surface area contributed by atoms with E-state index in [-0.39, 0.29) is 41.8 Å². The first-order chi connectivity index (χ1) is 18.8. The van der Waals surface area contributed by atoms with Crippen molar-refractivity contribution in [2.75, 3.05) is 6.61 Å². The quantitative estimate of drug-likeness (QED) is 0.228. The number of carbonyl (C=O) groups excluding carboxylic acids is 4. The molecule has 0 saturated carbocycles. The minimum atomic E-state index is -1.10. The first-order valence-electron chi connectivity index (χ1n) is 13.3. The Labute approximate surface area is 231 Å². The van der Waals surface area contributed by atoms with Crippen LogP contribution in [-0.2, 0) is 19.1 Å². The second-order valence-electron chi connectivity index (χ2n) is 11.0. The zero-order valence-electron chi connectivity index (χ0n) is 21.7. The molecule has 1 heterocycles. The number of hydrogen-bond donors (Lipinski definition) is 0. The van der Waals surface area contributed by atoms with Gasteiger partial charge in [-0.05, 0) is 58.9 Å². The monoisotopic (exact) mass is 541 g/mol. The number of rotatable bonds is 7. The van der Waals surface area contributed by atoms with Gasteiger partial charge in [-0.1, -0.05) is 74.0 Å². The molecule has 0 N–H and O–H groups in total. The predicted molar refractivity (Wildman–Crippen MR) is 145 cm³/mol. The van der Waals surface area contributed by atoms with Crippen LogP contribution in [0.2, 0.25) is 5.02 Å². The van der Waals surface area contributed by atoms with Gasteiger partial charge in [-0.3, -0.25) is 19.3 Å². The van der Waals surface area contributed by atoms with Gasteiger partial charge in [0.25, 0.3) is 0 Å². The molecule has 198 valence electrons. The van der Waals surface area contributed by atoms with Crippen molar-refractivity contribution < 1.29 is 23.9 Å². The Morgan fingerprint density at radius 3 is 1.69 bits per heavy atom. The number of amides is 2. The van der Waals surface area contributed by atoms with Gasteiger partial charge in [0.15, 0.2) is 12.4 Å². The number of ketones is 1. The Morgan fingerprint density at radius 2 is 1.26 bits per heavy atom. The summed E-state index contributed by atoms with van der Waals surface area (Å²) >= 11 is 5.90. The summed E-state index contributed by atoms with van der Waals surface area (Å²) in [6, 6.07) is 21.2. The lowest BCUT2D eigenvalue weighted by molar-refractivity contribution is -0.158. The molecule has 2 amide bonds. The molecule has 7 heteroatoms. The van der Waals surface area contributed by atoms with Crippen LogP contribution in [0, 0.1) is 17.8 Å². The summed E-state index contributed by atoms with van der Waals surface area (Å²) in [7, 11) is 0. The van der Waals surface area contributed by atoms with Crippen molar-refractivity contribution in [2.24, 2.45) is 17.8 Å². The summed E-state index contributed by atoms with van der Waals surface area (Å²) in [5.74, 6) is -3.47. The van der Waals surface area contributed by atoms with E-state index in [1.54, 1.807) is 24.3 Å². The number of esters is 1. The van der Waals surface area contributed by atoms with Gasteiger partial charge in [-0.2, -0.15) is 0 Å². The fraction of sp³-hybridized carbons (Fsp3) is 0.312. The second-order valence-corrected chi connectivity index (χ2v) is 11.4. The van der Waals surface area contributed by atoms with Crippen LogP contribution in [0.1, 0.15) is 64.7 Å². The van der Waals surface area contributed by atoms with Crippen LogP contribution in [0.3, 0.4) is 0 Å². The molecular weight excluding hydrogens is 514 g/mol. The lowest BCUT2D eigenvalue weighted by Gasteiger charge is -2.45. The SMILES string of the molecule is CC(C)C[C@@H](C(=O)OCC(=O)c1ccc(Cl)cc1)N1C(=O)[C@@H]2C3c4ccccc4C(c4ccccc43)[C@@H]2C1=O. The first-order valence-corrected chi connectivity index (χ1v) is 13.7. The molecule has 1 fully saturated rings. The van der Waals surface area contributed by atoms with E-state index in [0.717, 1.165) is 27.2 Å². The highest BCUT2D eigenvalue weighted by molar-refractivity contribution is 6.30. The molecule has 6 nitrogen and oxygen atoms in total. The van der Waals surface area contributed by atoms with E-state index in [2.05, 4.69) is 0 Å². The summed E-state index contributed by atoms with van der Waals surface area (Å²) in [6.07, 6.45) is 0.250. The Bertz CT molecular complexity index is 1380. The second kappa shape index (κ2) is 9.76. The maximum atomic E-state index is 14.1. The minimum Gasteiger partial charge on any atom is -0.456 e. The van der Waals surface area contributed by atoms with E-state index in [0.29, 0.717) is 10.6 Å². The number of benzene rings is 3. The largest absolute Gasteiger partial charge is 0.456 e. The van der Waals surface area contributed by atoms with Crippen LogP contribution in [-0.4, -0.2) is 41.1 Å². The van der Waals surface area contributed by atoms with Crippen molar-refractivity contribution in [3.8, 4) is 0 Å². The Hall–Kier alpha value is -3.77. The molecule has 0 radical (unpaired) electrons. The Kier molecular flexibility index (Phi) is 6.38. The Balaban J connectivity index is 1.31. The molecule has 39 heavy (non-hydrogen) atoms. The number of halogens is 1. The van der Waals surface area contributed by atoms with Crippen molar-refractivity contribution in [1.29, 1.82) is 0 Å². The van der Waals surface area contributed by atoms with Gasteiger partial charge in [-0.25, -0.2) is 4.79 Å². The van der Waals surface area contributed by atoms with Gasteiger partial charge in [-0.15, -0.1) is 0 Å². The number of carbonyl (C=O) groups is 4. The molecule has 1 aliphatic heterocycles. The topological polar surface area (TPSA) is 80.8 Å². The molecule has 1 saturated heterocycles. The molecule has 0 unspecified atom stereocenters. The molecule has 7 rings (SSSR count). The van der Waals surface area contributed by atoms with Gasteiger partial charge < -0.3 is 4.74 Å². The van der Waals surface area contributed by atoms with Crippen molar-refractivity contribution >= 4 is 35.2 Å². The van der Waals surface area contributed by atoms with Crippen LogP contribution in [0.5, 0.6) is 0 Å². The van der Waals surface area contributed by atoms with Crippen LogP contribution >= 0.6 is 11.6 Å². The molecular formula is C32H28ClNO5. The molecule has 2 bridgehead atoms. The predicted octanol–water partition coefficient (Wildman–Crippen LogP) is 5.37. The molecule has 3 atom stereocenters. The molecule has 0 aromatic heterocycles. The van der Waals surface area contributed by atoms with Crippen LogP contribution in [0.4, 0.5) is 0 Å². The van der Waals surface area contributed by atoms with Gasteiger partial charge >= 0.3 is 5.97 Å². The number of hydrogen-bond acceptors (Lipinski definition) is 5. The summed E-state index contributed by atoms with van der Waals surface area (Å²) in [4.78, 5) is 55.4. The van der Waals surface area contributed by atoms with Crippen LogP contribution < -0.4 is 0 Å². The number of ether oxygens (including phenoxy) is 1. The fourth-order valence-corrected chi connectivity index (χ4v) is 6.84. The highest BCUT2D eigenvalue weighted by atomic mass is 35.5. The third kappa shape index (κ3) is 4.09. The van der Waals surface area contributed by atoms with E-state index < -0.39 is 30.5 Å². The zero-order valence-corrected chi connectivity index (χ0v) is 22.4. The standard InChI is InChI=1S/C32H28ClNO5/c1-17(2)15-24(32(38)39-16-25(35)18-11-13-19(33)14-12-18)34-30(36)28-26-20-7-3-4-8-21(20)27(29(28)31(34)37)23-10-6-5-9-22(23)26/h3-14,17,24,26-29H,15-16H2,1-2H3/t24-,26?,27?,28-,29+/m0/s1.